The molecule has 0 amide bonds. The number of rotatable bonds is 4. The Morgan fingerprint density at radius 1 is 0.857 bits per heavy atom. The van der Waals surface area contributed by atoms with E-state index in [0.29, 0.717) is 17.0 Å². The number of allylic oxidation sites excluding steroid dienone is 2. The van der Waals surface area contributed by atoms with Crippen LogP contribution >= 0.6 is 0 Å². The van der Waals surface area contributed by atoms with Crippen LogP contribution in [0.3, 0.4) is 0 Å². The fraction of sp³-hybridized carbons (Fsp3) is 0.222. The molecule has 0 spiro atoms. The number of halogens is 1. The van der Waals surface area contributed by atoms with E-state index < -0.39 is 5.41 Å². The number of carbonyl (C=O) groups is 1. The number of hydrogen-bond acceptors (Lipinski definition) is 4. The number of nitrogens with zero attached hydrogens (tertiary/aromatic N) is 1. The summed E-state index contributed by atoms with van der Waals surface area (Å²) in [6, 6.07) is 29.4. The number of aromatic nitrogens is 1. The summed E-state index contributed by atoms with van der Waals surface area (Å²) in [6.07, 6.45) is 3.04. The molecule has 42 heavy (non-hydrogen) atoms. The fourth-order valence-corrected chi connectivity index (χ4v) is 4.00. The SMILES string of the molecule is CC(C)(C)C(=O)/C=C(\O)C(C)(C)C.Fc1ccc(-c2ccccc2)c2cc3ccnc(Oc4[c-]cccc4)c3cc12.[Ir]. The van der Waals surface area contributed by atoms with Crippen molar-refractivity contribution >= 4 is 27.3 Å². The standard InChI is InChI=1S/C25H15FNO.C11H20O2.Ir/c26-24-12-11-20(17-7-3-1-4-8-17)22-15-18-13-14-27-25(21(18)16-23(22)24)28-19-9-5-2-6-10-19;1-10(2,3)8(12)7-9(13)11(4,5)6;/h1-9,11-16H;7,12H,1-6H3;/q-1;;/b;8-7-;. The van der Waals surface area contributed by atoms with Gasteiger partial charge in [-0.2, -0.15) is 18.2 Å². The van der Waals surface area contributed by atoms with Crippen LogP contribution in [0.15, 0.2) is 103 Å². The molecule has 0 bridgehead atoms. The summed E-state index contributed by atoms with van der Waals surface area (Å²) >= 11 is 0. The molecular formula is C36H35FIrNO3-. The van der Waals surface area contributed by atoms with E-state index in [9.17, 15) is 14.3 Å². The number of benzene rings is 4. The van der Waals surface area contributed by atoms with E-state index in [-0.39, 0.29) is 42.9 Å². The van der Waals surface area contributed by atoms with Crippen LogP contribution < -0.4 is 4.74 Å². The van der Waals surface area contributed by atoms with Gasteiger partial charge in [0.25, 0.3) is 0 Å². The third-order valence-electron chi connectivity index (χ3n) is 6.56. The van der Waals surface area contributed by atoms with Crippen LogP contribution in [-0.2, 0) is 24.9 Å². The van der Waals surface area contributed by atoms with Crippen molar-refractivity contribution in [2.45, 2.75) is 41.5 Å². The minimum absolute atomic E-state index is 0. The van der Waals surface area contributed by atoms with Crippen molar-refractivity contribution in [3.05, 3.63) is 115 Å². The van der Waals surface area contributed by atoms with Crippen LogP contribution in [0.25, 0.3) is 32.7 Å². The van der Waals surface area contributed by atoms with Gasteiger partial charge in [-0.3, -0.25) is 4.79 Å². The summed E-state index contributed by atoms with van der Waals surface area (Å²) in [5, 5.41) is 12.7. The molecule has 0 unspecified atom stereocenters. The van der Waals surface area contributed by atoms with Crippen molar-refractivity contribution < 1.29 is 39.1 Å². The Labute approximate surface area is 260 Å². The maximum Gasteiger partial charge on any atom is 0.224 e. The van der Waals surface area contributed by atoms with E-state index in [0.717, 1.165) is 27.3 Å². The largest absolute Gasteiger partial charge is 0.512 e. The van der Waals surface area contributed by atoms with Gasteiger partial charge in [0.15, 0.2) is 5.78 Å². The fourth-order valence-electron chi connectivity index (χ4n) is 4.00. The van der Waals surface area contributed by atoms with Gasteiger partial charge in [-0.1, -0.05) is 77.9 Å². The number of hydrogen-bond donors (Lipinski definition) is 1. The van der Waals surface area contributed by atoms with Gasteiger partial charge in [-0.05, 0) is 46.2 Å². The first-order chi connectivity index (χ1) is 19.3. The Balaban J connectivity index is 0.000000297. The number of aliphatic hydroxyl groups is 1. The van der Waals surface area contributed by atoms with Crippen molar-refractivity contribution in [2.75, 3.05) is 0 Å². The Morgan fingerprint density at radius 3 is 2.17 bits per heavy atom. The third kappa shape index (κ3) is 7.90. The maximum absolute atomic E-state index is 14.7. The van der Waals surface area contributed by atoms with Crippen LogP contribution in [0, 0.1) is 22.7 Å². The second kappa shape index (κ2) is 13.4. The number of ether oxygens (including phenoxy) is 1. The number of fused-ring (bicyclic) bond motifs is 2. The van der Waals surface area contributed by atoms with Crippen molar-refractivity contribution in [3.8, 4) is 22.8 Å². The molecule has 0 atom stereocenters. The van der Waals surface area contributed by atoms with E-state index in [1.54, 1.807) is 12.3 Å². The molecule has 4 aromatic carbocycles. The Hall–Kier alpha value is -3.86. The molecule has 0 aliphatic carbocycles. The molecule has 1 aromatic heterocycles. The van der Waals surface area contributed by atoms with Gasteiger partial charge < -0.3 is 9.84 Å². The van der Waals surface area contributed by atoms with Gasteiger partial charge in [0.05, 0.1) is 0 Å². The van der Waals surface area contributed by atoms with Gasteiger partial charge >= 0.3 is 0 Å². The van der Waals surface area contributed by atoms with Crippen LogP contribution in [-0.4, -0.2) is 15.9 Å². The molecule has 5 rings (SSSR count). The smallest absolute Gasteiger partial charge is 0.224 e. The number of ketones is 1. The molecule has 5 aromatic rings. The molecule has 1 N–H and O–H groups in total. The average molecular weight is 741 g/mol. The van der Waals surface area contributed by atoms with E-state index in [1.165, 1.54) is 12.1 Å². The second-order valence-electron chi connectivity index (χ2n) is 11.9. The van der Waals surface area contributed by atoms with E-state index in [4.69, 9.17) is 4.74 Å². The van der Waals surface area contributed by atoms with Gasteiger partial charge in [-0.25, -0.2) is 9.37 Å². The summed E-state index contributed by atoms with van der Waals surface area (Å²) in [5.41, 5.74) is 1.28. The van der Waals surface area contributed by atoms with Crippen LogP contribution in [0.5, 0.6) is 11.6 Å². The predicted octanol–water partition coefficient (Wildman–Crippen LogP) is 9.87. The van der Waals surface area contributed by atoms with E-state index >= 15 is 0 Å². The number of pyridine rings is 1. The minimum Gasteiger partial charge on any atom is -0.512 e. The zero-order valence-electron chi connectivity index (χ0n) is 24.7. The quantitative estimate of drug-likeness (QED) is 0.0863. The molecule has 4 nitrogen and oxygen atoms in total. The molecule has 1 heterocycles. The molecule has 0 aliphatic heterocycles. The first-order valence-corrected chi connectivity index (χ1v) is 13.5. The van der Waals surface area contributed by atoms with Crippen molar-refractivity contribution in [3.63, 3.8) is 0 Å². The zero-order chi connectivity index (χ0) is 29.8. The molecule has 1 radical (unpaired) electrons. The molecule has 219 valence electrons. The number of aliphatic hydroxyl groups excluding tert-OH is 1. The third-order valence-corrected chi connectivity index (χ3v) is 6.56. The number of para-hydroxylation sites is 1. The molecule has 0 saturated heterocycles. The van der Waals surface area contributed by atoms with Gasteiger partial charge in [0, 0.05) is 59.7 Å². The molecule has 0 fully saturated rings. The summed E-state index contributed by atoms with van der Waals surface area (Å²) in [4.78, 5) is 15.8. The van der Waals surface area contributed by atoms with Gasteiger partial charge in [0.1, 0.15) is 11.6 Å². The van der Waals surface area contributed by atoms with Crippen LogP contribution in [0.2, 0.25) is 0 Å². The van der Waals surface area contributed by atoms with Crippen molar-refractivity contribution in [1.29, 1.82) is 0 Å². The van der Waals surface area contributed by atoms with Crippen molar-refractivity contribution in [1.82, 2.24) is 4.98 Å². The molecular weight excluding hydrogens is 706 g/mol. The summed E-state index contributed by atoms with van der Waals surface area (Å²) in [6.45, 7) is 11.1. The number of carbonyl (C=O) groups excluding carboxylic acids is 1. The summed E-state index contributed by atoms with van der Waals surface area (Å²) < 4.78 is 20.6. The minimum atomic E-state index is -0.417. The average Bonchev–Trinajstić information content (AvgIpc) is 2.93. The van der Waals surface area contributed by atoms with Gasteiger partial charge in [-0.15, -0.1) is 12.1 Å². The monoisotopic (exact) mass is 741 g/mol. The first-order valence-electron chi connectivity index (χ1n) is 13.5. The second-order valence-corrected chi connectivity index (χ2v) is 11.9. The van der Waals surface area contributed by atoms with E-state index in [2.05, 4.69) is 11.1 Å². The Morgan fingerprint density at radius 2 is 1.55 bits per heavy atom. The normalized spacial score (nSPS) is 11.8. The topological polar surface area (TPSA) is 59.4 Å². The molecule has 0 saturated carbocycles. The predicted molar refractivity (Wildman–Crippen MR) is 165 cm³/mol. The molecule has 0 aliphatic rings. The Kier molecular flexibility index (Phi) is 10.4. The van der Waals surface area contributed by atoms with Crippen molar-refractivity contribution in [2.24, 2.45) is 10.8 Å². The van der Waals surface area contributed by atoms with Crippen LogP contribution in [0.4, 0.5) is 4.39 Å². The van der Waals surface area contributed by atoms with E-state index in [1.807, 2.05) is 114 Å². The van der Waals surface area contributed by atoms with Gasteiger partial charge in [0.2, 0.25) is 5.88 Å². The van der Waals surface area contributed by atoms with Crippen LogP contribution in [0.1, 0.15) is 41.5 Å². The first kappa shape index (κ1) is 32.7. The molecule has 6 heteroatoms. The zero-order valence-corrected chi connectivity index (χ0v) is 27.1. The Bertz CT molecular complexity index is 1700. The summed E-state index contributed by atoms with van der Waals surface area (Å²) in [5.74, 6) is 0.845. The maximum atomic E-state index is 14.7. The summed E-state index contributed by atoms with van der Waals surface area (Å²) in [7, 11) is 0.